The highest BCUT2D eigenvalue weighted by Gasteiger charge is 2.11. The zero-order valence-corrected chi connectivity index (χ0v) is 18.6. The van der Waals surface area contributed by atoms with E-state index in [4.69, 9.17) is 4.98 Å². The van der Waals surface area contributed by atoms with Gasteiger partial charge in [0.25, 0.3) is 0 Å². The molecule has 0 spiro atoms. The summed E-state index contributed by atoms with van der Waals surface area (Å²) in [4.78, 5) is 4.96. The van der Waals surface area contributed by atoms with Crippen molar-refractivity contribution in [1.82, 2.24) is 9.55 Å². The Hall–Kier alpha value is -1.57. The van der Waals surface area contributed by atoms with Crippen LogP contribution in [0.4, 0.5) is 0 Å². The minimum absolute atomic E-state index is 0.501. The van der Waals surface area contributed by atoms with E-state index in [1.807, 2.05) is 0 Å². The second-order valence-electron chi connectivity index (χ2n) is 8.61. The molecule has 0 radical (unpaired) electrons. The van der Waals surface area contributed by atoms with Crippen molar-refractivity contribution in [1.29, 1.82) is 0 Å². The number of nitrogens with zero attached hydrogens (tertiary/aromatic N) is 2. The largest absolute Gasteiger partial charge is 0.334 e. The van der Waals surface area contributed by atoms with Crippen molar-refractivity contribution in [2.75, 3.05) is 0 Å². The average Bonchev–Trinajstić information content (AvgIpc) is 3.11. The van der Waals surface area contributed by atoms with Crippen LogP contribution >= 0.6 is 0 Å². The first-order valence-corrected chi connectivity index (χ1v) is 11.8. The van der Waals surface area contributed by atoms with E-state index in [1.165, 1.54) is 81.3 Å². The highest BCUT2D eigenvalue weighted by atomic mass is 15.1. The molecule has 2 rings (SSSR count). The lowest BCUT2D eigenvalue weighted by Crippen LogP contribution is -2.04. The Morgan fingerprint density at radius 2 is 1.43 bits per heavy atom. The van der Waals surface area contributed by atoms with Gasteiger partial charge in [-0.15, -0.1) is 0 Å². The van der Waals surface area contributed by atoms with E-state index in [1.54, 1.807) is 0 Å². The lowest BCUT2D eigenvalue weighted by atomic mass is 10.1. The minimum atomic E-state index is 0.501. The second-order valence-corrected chi connectivity index (χ2v) is 8.61. The standard InChI is InChI=1S/C26H42N2/c1-4-5-6-7-8-9-10-11-15-21-28-22-25(27-26(28)23(2)3)20-16-19-24-17-13-12-14-18-24/h12-14,17-18,22-23H,4-11,15-16,19-21H2,1-3H3. The van der Waals surface area contributed by atoms with Crippen molar-refractivity contribution in [2.45, 2.75) is 110 Å². The molecule has 0 aliphatic heterocycles. The highest BCUT2D eigenvalue weighted by Crippen LogP contribution is 2.18. The number of imidazole rings is 1. The quantitative estimate of drug-likeness (QED) is 0.288. The van der Waals surface area contributed by atoms with Gasteiger partial charge in [-0.05, 0) is 31.2 Å². The smallest absolute Gasteiger partial charge is 0.111 e. The number of unbranched alkanes of at least 4 members (excludes halogenated alkanes) is 8. The van der Waals surface area contributed by atoms with E-state index in [2.05, 4.69) is 61.9 Å². The fourth-order valence-corrected chi connectivity index (χ4v) is 3.96. The molecule has 1 aromatic heterocycles. The van der Waals surface area contributed by atoms with Crippen LogP contribution in [0.25, 0.3) is 0 Å². The van der Waals surface area contributed by atoms with Crippen LogP contribution in [-0.2, 0) is 19.4 Å². The monoisotopic (exact) mass is 382 g/mol. The summed E-state index contributed by atoms with van der Waals surface area (Å²) in [5.74, 6) is 1.77. The number of benzene rings is 1. The molecule has 0 aliphatic carbocycles. The van der Waals surface area contributed by atoms with Gasteiger partial charge in [-0.25, -0.2) is 4.98 Å². The predicted molar refractivity (Wildman–Crippen MR) is 122 cm³/mol. The van der Waals surface area contributed by atoms with Gasteiger partial charge in [-0.3, -0.25) is 0 Å². The Morgan fingerprint density at radius 1 is 0.786 bits per heavy atom. The van der Waals surface area contributed by atoms with Gasteiger partial charge in [0.2, 0.25) is 0 Å². The summed E-state index contributed by atoms with van der Waals surface area (Å²) in [5.41, 5.74) is 2.70. The van der Waals surface area contributed by atoms with E-state index < -0.39 is 0 Å². The SMILES string of the molecule is CCCCCCCCCCCn1cc(CCCc2ccccc2)nc1C(C)C. The van der Waals surface area contributed by atoms with Crippen molar-refractivity contribution in [3.63, 3.8) is 0 Å². The van der Waals surface area contributed by atoms with Crippen molar-refractivity contribution in [2.24, 2.45) is 0 Å². The third-order valence-electron chi connectivity index (χ3n) is 5.62. The molecule has 0 amide bonds. The van der Waals surface area contributed by atoms with Gasteiger partial charge >= 0.3 is 0 Å². The van der Waals surface area contributed by atoms with Crippen molar-refractivity contribution in [3.05, 3.63) is 53.6 Å². The first-order valence-electron chi connectivity index (χ1n) is 11.8. The Morgan fingerprint density at radius 3 is 2.07 bits per heavy atom. The van der Waals surface area contributed by atoms with Gasteiger partial charge in [-0.2, -0.15) is 0 Å². The molecule has 1 heterocycles. The molecule has 1 aromatic carbocycles. The van der Waals surface area contributed by atoms with Gasteiger partial charge < -0.3 is 4.57 Å². The van der Waals surface area contributed by atoms with Crippen LogP contribution in [-0.4, -0.2) is 9.55 Å². The van der Waals surface area contributed by atoms with E-state index in [0.29, 0.717) is 5.92 Å². The molecule has 2 nitrogen and oxygen atoms in total. The molecule has 0 N–H and O–H groups in total. The fourth-order valence-electron chi connectivity index (χ4n) is 3.96. The molecular weight excluding hydrogens is 340 g/mol. The van der Waals surface area contributed by atoms with Crippen LogP contribution in [0.3, 0.4) is 0 Å². The summed E-state index contributed by atoms with van der Waals surface area (Å²) in [7, 11) is 0. The number of aryl methyl sites for hydroxylation is 3. The van der Waals surface area contributed by atoms with E-state index in [9.17, 15) is 0 Å². The number of rotatable bonds is 15. The maximum atomic E-state index is 4.96. The van der Waals surface area contributed by atoms with Gasteiger partial charge in [-0.1, -0.05) is 102 Å². The molecule has 0 saturated carbocycles. The highest BCUT2D eigenvalue weighted by molar-refractivity contribution is 5.15. The maximum absolute atomic E-state index is 4.96. The molecule has 0 unspecified atom stereocenters. The molecule has 0 saturated heterocycles. The summed E-state index contributed by atoms with van der Waals surface area (Å²) in [5, 5.41) is 0. The Labute approximate surface area is 173 Å². The summed E-state index contributed by atoms with van der Waals surface area (Å²) in [6.45, 7) is 7.96. The van der Waals surface area contributed by atoms with Crippen molar-refractivity contribution < 1.29 is 0 Å². The fraction of sp³-hybridized carbons (Fsp3) is 0.654. The van der Waals surface area contributed by atoms with E-state index in [0.717, 1.165) is 19.4 Å². The molecule has 156 valence electrons. The zero-order chi connectivity index (χ0) is 20.0. The maximum Gasteiger partial charge on any atom is 0.111 e. The van der Waals surface area contributed by atoms with Gasteiger partial charge in [0, 0.05) is 18.7 Å². The first-order chi connectivity index (χ1) is 13.7. The summed E-state index contributed by atoms with van der Waals surface area (Å²) in [6.07, 6.45) is 18.2. The molecule has 0 aliphatic rings. The minimum Gasteiger partial charge on any atom is -0.334 e. The Bertz CT molecular complexity index is 627. The molecule has 0 fully saturated rings. The normalized spacial score (nSPS) is 11.4. The van der Waals surface area contributed by atoms with Crippen LogP contribution in [0, 0.1) is 0 Å². The Balaban J connectivity index is 1.69. The third kappa shape index (κ3) is 8.63. The second kappa shape index (κ2) is 13.6. The zero-order valence-electron chi connectivity index (χ0n) is 18.6. The van der Waals surface area contributed by atoms with Gasteiger partial charge in [0.15, 0.2) is 0 Å². The lowest BCUT2D eigenvalue weighted by Gasteiger charge is -2.10. The van der Waals surface area contributed by atoms with Crippen molar-refractivity contribution in [3.8, 4) is 0 Å². The lowest BCUT2D eigenvalue weighted by molar-refractivity contribution is 0.525. The van der Waals surface area contributed by atoms with Crippen LogP contribution in [0.15, 0.2) is 36.5 Å². The van der Waals surface area contributed by atoms with Crippen molar-refractivity contribution >= 4 is 0 Å². The predicted octanol–water partition coefficient (Wildman–Crippen LogP) is 7.71. The van der Waals surface area contributed by atoms with Crippen LogP contribution in [0.2, 0.25) is 0 Å². The van der Waals surface area contributed by atoms with Crippen LogP contribution < -0.4 is 0 Å². The van der Waals surface area contributed by atoms with Crippen LogP contribution in [0.5, 0.6) is 0 Å². The average molecular weight is 383 g/mol. The van der Waals surface area contributed by atoms with Crippen LogP contribution in [0.1, 0.15) is 108 Å². The van der Waals surface area contributed by atoms with E-state index >= 15 is 0 Å². The molecule has 28 heavy (non-hydrogen) atoms. The molecule has 2 aromatic rings. The summed E-state index contributed by atoms with van der Waals surface area (Å²) in [6, 6.07) is 10.8. The number of hydrogen-bond acceptors (Lipinski definition) is 1. The molecular formula is C26H42N2. The van der Waals surface area contributed by atoms with Gasteiger partial charge in [0.05, 0.1) is 5.69 Å². The summed E-state index contributed by atoms with van der Waals surface area (Å²) < 4.78 is 2.43. The Kier molecular flexibility index (Phi) is 11.0. The molecule has 0 atom stereocenters. The number of aromatic nitrogens is 2. The molecule has 2 heteroatoms. The van der Waals surface area contributed by atoms with E-state index in [-0.39, 0.29) is 0 Å². The number of hydrogen-bond donors (Lipinski definition) is 0. The topological polar surface area (TPSA) is 17.8 Å². The molecule has 0 bridgehead atoms. The third-order valence-corrected chi connectivity index (χ3v) is 5.62. The summed E-state index contributed by atoms with van der Waals surface area (Å²) >= 11 is 0. The van der Waals surface area contributed by atoms with Gasteiger partial charge in [0.1, 0.15) is 5.82 Å². The first kappa shape index (κ1) is 22.7.